The lowest BCUT2D eigenvalue weighted by molar-refractivity contribution is 1.18. The SMILES string of the molecule is c1ccc(-c2ccc(-c3ccc(N(c4ccccc4)c4ccc5c6ccccc6n(-c6cc(-c7ccccc7)ccc6-c6ccccc6)c5c4)c4ccccc34)cc2)cc1. The van der Waals surface area contributed by atoms with Gasteiger partial charge in [-0.1, -0.05) is 200 Å². The fourth-order valence-electron chi connectivity index (χ4n) is 8.95. The molecular formula is C58H40N2. The zero-order chi connectivity index (χ0) is 39.8. The smallest absolute Gasteiger partial charge is 0.0562 e. The summed E-state index contributed by atoms with van der Waals surface area (Å²) in [5.74, 6) is 0. The highest BCUT2D eigenvalue weighted by Crippen LogP contribution is 2.45. The molecule has 0 unspecified atom stereocenters. The normalized spacial score (nSPS) is 11.3. The number of hydrogen-bond donors (Lipinski definition) is 0. The first-order valence-electron chi connectivity index (χ1n) is 20.6. The van der Waals surface area contributed by atoms with Gasteiger partial charge in [0, 0.05) is 33.1 Å². The second-order valence-corrected chi connectivity index (χ2v) is 15.3. The Morgan fingerprint density at radius 2 is 0.750 bits per heavy atom. The Kier molecular flexibility index (Phi) is 8.87. The fourth-order valence-corrected chi connectivity index (χ4v) is 8.95. The summed E-state index contributed by atoms with van der Waals surface area (Å²) in [7, 11) is 0. The summed E-state index contributed by atoms with van der Waals surface area (Å²) in [6.45, 7) is 0. The summed E-state index contributed by atoms with van der Waals surface area (Å²) in [5.41, 5.74) is 16.4. The Morgan fingerprint density at radius 1 is 0.267 bits per heavy atom. The molecule has 2 heteroatoms. The second-order valence-electron chi connectivity index (χ2n) is 15.3. The molecule has 0 aliphatic rings. The Hall–Kier alpha value is -7.94. The fraction of sp³-hybridized carbons (Fsp3) is 0. The third-order valence-electron chi connectivity index (χ3n) is 11.8. The monoisotopic (exact) mass is 764 g/mol. The lowest BCUT2D eigenvalue weighted by Crippen LogP contribution is -2.11. The summed E-state index contributed by atoms with van der Waals surface area (Å²) in [6.07, 6.45) is 0. The molecule has 0 atom stereocenters. The van der Waals surface area contributed by atoms with Crippen molar-refractivity contribution in [2.24, 2.45) is 0 Å². The van der Waals surface area contributed by atoms with Crippen LogP contribution in [0, 0.1) is 0 Å². The van der Waals surface area contributed by atoms with E-state index in [1.807, 2.05) is 0 Å². The third kappa shape index (κ3) is 6.23. The standard InChI is InChI=1S/C58H40N2/c1-5-17-41(18-6-1)43-29-31-45(32-30-43)49-37-38-56(52-26-14-13-25-51(49)52)59(47-23-11-4-12-24-47)48-34-36-54-53-27-15-16-28-55(53)60(58(54)40-48)57-39-46(42-19-7-2-8-20-42)33-35-50(57)44-21-9-3-10-22-44/h1-40H. The van der Waals surface area contributed by atoms with Gasteiger partial charge in [0.15, 0.2) is 0 Å². The van der Waals surface area contributed by atoms with Crippen LogP contribution in [-0.4, -0.2) is 4.57 Å². The molecule has 10 aromatic carbocycles. The lowest BCUT2D eigenvalue weighted by Gasteiger charge is -2.28. The van der Waals surface area contributed by atoms with Gasteiger partial charge < -0.3 is 9.47 Å². The molecule has 1 aromatic heterocycles. The number of rotatable bonds is 8. The molecule has 0 bridgehead atoms. The minimum absolute atomic E-state index is 1.09. The Labute approximate surface area is 350 Å². The van der Waals surface area contributed by atoms with E-state index in [2.05, 4.69) is 252 Å². The largest absolute Gasteiger partial charge is 0.310 e. The number of fused-ring (bicyclic) bond motifs is 4. The van der Waals surface area contributed by atoms with Crippen LogP contribution >= 0.6 is 0 Å². The van der Waals surface area contributed by atoms with Gasteiger partial charge in [-0.2, -0.15) is 0 Å². The van der Waals surface area contributed by atoms with Gasteiger partial charge >= 0.3 is 0 Å². The quantitative estimate of drug-likeness (QED) is 0.150. The number of para-hydroxylation sites is 2. The van der Waals surface area contributed by atoms with E-state index in [4.69, 9.17) is 0 Å². The van der Waals surface area contributed by atoms with Gasteiger partial charge in [-0.15, -0.1) is 0 Å². The van der Waals surface area contributed by atoms with E-state index in [1.165, 1.54) is 71.6 Å². The predicted octanol–water partition coefficient (Wildman–Crippen LogP) is 16.1. The molecule has 0 N–H and O–H groups in total. The van der Waals surface area contributed by atoms with Crippen molar-refractivity contribution >= 4 is 49.6 Å². The maximum absolute atomic E-state index is 2.48. The maximum atomic E-state index is 2.48. The van der Waals surface area contributed by atoms with Gasteiger partial charge in [-0.3, -0.25) is 0 Å². The molecule has 0 amide bonds. The summed E-state index contributed by atoms with van der Waals surface area (Å²) in [6, 6.07) is 87.9. The predicted molar refractivity (Wildman–Crippen MR) is 255 cm³/mol. The number of benzene rings is 10. The number of anilines is 3. The highest BCUT2D eigenvalue weighted by molar-refractivity contribution is 6.12. The Bertz CT molecular complexity index is 3280. The van der Waals surface area contributed by atoms with Crippen molar-refractivity contribution in [3.8, 4) is 50.2 Å². The van der Waals surface area contributed by atoms with Gasteiger partial charge in [-0.25, -0.2) is 0 Å². The van der Waals surface area contributed by atoms with Gasteiger partial charge in [0.05, 0.1) is 22.4 Å². The van der Waals surface area contributed by atoms with E-state index in [0.717, 1.165) is 28.3 Å². The lowest BCUT2D eigenvalue weighted by atomic mass is 9.95. The van der Waals surface area contributed by atoms with E-state index in [0.29, 0.717) is 0 Å². The van der Waals surface area contributed by atoms with Crippen molar-refractivity contribution in [1.29, 1.82) is 0 Å². The van der Waals surface area contributed by atoms with Gasteiger partial charge in [0.1, 0.15) is 0 Å². The molecule has 0 saturated carbocycles. The minimum atomic E-state index is 1.09. The first-order chi connectivity index (χ1) is 29.8. The third-order valence-corrected chi connectivity index (χ3v) is 11.8. The minimum Gasteiger partial charge on any atom is -0.310 e. The van der Waals surface area contributed by atoms with E-state index < -0.39 is 0 Å². The molecule has 11 rings (SSSR count). The van der Waals surface area contributed by atoms with Crippen LogP contribution in [-0.2, 0) is 0 Å². The number of nitrogens with zero attached hydrogens (tertiary/aromatic N) is 2. The zero-order valence-electron chi connectivity index (χ0n) is 33.0. The van der Waals surface area contributed by atoms with Crippen molar-refractivity contribution in [1.82, 2.24) is 4.57 Å². The van der Waals surface area contributed by atoms with E-state index in [9.17, 15) is 0 Å². The van der Waals surface area contributed by atoms with Crippen molar-refractivity contribution < 1.29 is 0 Å². The first kappa shape index (κ1) is 35.2. The van der Waals surface area contributed by atoms with Crippen molar-refractivity contribution in [2.75, 3.05) is 4.90 Å². The van der Waals surface area contributed by atoms with Crippen LogP contribution in [0.3, 0.4) is 0 Å². The summed E-state index contributed by atoms with van der Waals surface area (Å²) < 4.78 is 2.48. The molecule has 282 valence electrons. The van der Waals surface area contributed by atoms with Crippen molar-refractivity contribution in [3.63, 3.8) is 0 Å². The summed E-state index contributed by atoms with van der Waals surface area (Å²) >= 11 is 0. The van der Waals surface area contributed by atoms with Crippen LogP contribution in [0.15, 0.2) is 243 Å². The molecule has 1 heterocycles. The first-order valence-corrected chi connectivity index (χ1v) is 20.6. The molecule has 0 fully saturated rings. The number of hydrogen-bond acceptors (Lipinski definition) is 1. The molecule has 0 radical (unpaired) electrons. The van der Waals surface area contributed by atoms with Gasteiger partial charge in [0.2, 0.25) is 0 Å². The van der Waals surface area contributed by atoms with Crippen LogP contribution in [0.5, 0.6) is 0 Å². The van der Waals surface area contributed by atoms with Crippen LogP contribution < -0.4 is 4.90 Å². The molecule has 0 spiro atoms. The second kappa shape index (κ2) is 15.1. The van der Waals surface area contributed by atoms with Crippen LogP contribution in [0.25, 0.3) is 82.8 Å². The summed E-state index contributed by atoms with van der Waals surface area (Å²) in [4.78, 5) is 2.42. The zero-order valence-corrected chi connectivity index (χ0v) is 33.0. The van der Waals surface area contributed by atoms with Crippen LogP contribution in [0.4, 0.5) is 17.1 Å². The van der Waals surface area contributed by atoms with E-state index >= 15 is 0 Å². The van der Waals surface area contributed by atoms with Crippen LogP contribution in [0.1, 0.15) is 0 Å². The molecule has 60 heavy (non-hydrogen) atoms. The highest BCUT2D eigenvalue weighted by atomic mass is 15.1. The molecule has 0 saturated heterocycles. The van der Waals surface area contributed by atoms with Gasteiger partial charge in [-0.05, 0) is 86.8 Å². The summed E-state index contributed by atoms with van der Waals surface area (Å²) in [5, 5.41) is 4.84. The maximum Gasteiger partial charge on any atom is 0.0562 e. The molecule has 0 aliphatic carbocycles. The number of aromatic nitrogens is 1. The van der Waals surface area contributed by atoms with E-state index in [-0.39, 0.29) is 0 Å². The molecular weight excluding hydrogens is 725 g/mol. The van der Waals surface area contributed by atoms with Crippen molar-refractivity contribution in [2.45, 2.75) is 0 Å². The highest BCUT2D eigenvalue weighted by Gasteiger charge is 2.21. The van der Waals surface area contributed by atoms with Crippen LogP contribution in [0.2, 0.25) is 0 Å². The van der Waals surface area contributed by atoms with E-state index in [1.54, 1.807) is 0 Å². The average molecular weight is 765 g/mol. The Balaban J connectivity index is 1.12. The van der Waals surface area contributed by atoms with Gasteiger partial charge in [0.25, 0.3) is 0 Å². The molecule has 0 aliphatic heterocycles. The van der Waals surface area contributed by atoms with Crippen molar-refractivity contribution in [3.05, 3.63) is 243 Å². The Morgan fingerprint density at radius 3 is 1.45 bits per heavy atom. The molecule has 11 aromatic rings. The average Bonchev–Trinajstić information content (AvgIpc) is 3.66. The topological polar surface area (TPSA) is 8.17 Å². The molecule has 2 nitrogen and oxygen atoms in total.